The highest BCUT2D eigenvalue weighted by atomic mass is 16.2. The van der Waals surface area contributed by atoms with E-state index in [1.807, 2.05) is 30.5 Å². The number of nitrogens with zero attached hydrogens (tertiary/aromatic N) is 1. The van der Waals surface area contributed by atoms with Gasteiger partial charge >= 0.3 is 0 Å². The van der Waals surface area contributed by atoms with Gasteiger partial charge in [-0.15, -0.1) is 0 Å². The molecule has 3 rings (SSSR count). The molecule has 6 nitrogen and oxygen atoms in total. The Morgan fingerprint density at radius 2 is 1.96 bits per heavy atom. The van der Waals surface area contributed by atoms with E-state index in [9.17, 15) is 14.4 Å². The molecule has 1 atom stereocenters. The van der Waals surface area contributed by atoms with Crippen LogP contribution in [0.15, 0.2) is 30.5 Å². The topological polar surface area (TPSA) is 82.3 Å². The van der Waals surface area contributed by atoms with Crippen molar-refractivity contribution in [2.45, 2.75) is 32.2 Å². The number of nitrogens with one attached hydrogen (secondary N) is 2. The third-order valence-corrected chi connectivity index (χ3v) is 4.41. The number of H-pyrrole nitrogens is 1. The Kier molecular flexibility index (Phi) is 4.64. The molecule has 0 bridgehead atoms. The lowest BCUT2D eigenvalue weighted by molar-refractivity contribution is -0.138. The molecular weight excluding hydrogens is 306 g/mol. The molecule has 0 radical (unpaired) electrons. The molecule has 126 valence electrons. The van der Waals surface area contributed by atoms with E-state index in [1.165, 1.54) is 6.92 Å². The van der Waals surface area contributed by atoms with E-state index in [-0.39, 0.29) is 17.6 Å². The van der Waals surface area contributed by atoms with Crippen molar-refractivity contribution in [3.63, 3.8) is 0 Å². The van der Waals surface area contributed by atoms with Crippen molar-refractivity contribution in [1.82, 2.24) is 15.2 Å². The predicted molar refractivity (Wildman–Crippen MR) is 90.4 cm³/mol. The molecule has 1 aliphatic heterocycles. The first kappa shape index (κ1) is 16.2. The second-order valence-corrected chi connectivity index (χ2v) is 6.18. The summed E-state index contributed by atoms with van der Waals surface area (Å²) in [6.07, 6.45) is 3.09. The molecule has 2 aromatic rings. The number of piperidine rings is 1. The van der Waals surface area contributed by atoms with Crippen molar-refractivity contribution in [2.75, 3.05) is 13.1 Å². The van der Waals surface area contributed by atoms with Gasteiger partial charge in [-0.2, -0.15) is 0 Å². The maximum Gasteiger partial charge on any atom is 0.245 e. The zero-order chi connectivity index (χ0) is 17.1. The van der Waals surface area contributed by atoms with Crippen molar-refractivity contribution in [2.24, 2.45) is 0 Å². The van der Waals surface area contributed by atoms with Crippen LogP contribution in [0.25, 0.3) is 10.9 Å². The van der Waals surface area contributed by atoms with Crippen molar-refractivity contribution < 1.29 is 14.4 Å². The van der Waals surface area contributed by atoms with Crippen LogP contribution in [-0.2, 0) is 20.8 Å². The number of rotatable bonds is 4. The Balaban J connectivity index is 1.79. The molecule has 6 heteroatoms. The van der Waals surface area contributed by atoms with Gasteiger partial charge in [0.15, 0.2) is 0 Å². The largest absolute Gasteiger partial charge is 0.361 e. The van der Waals surface area contributed by atoms with Crippen LogP contribution in [0.3, 0.4) is 0 Å². The molecular formula is C18H21N3O3. The van der Waals surface area contributed by atoms with Gasteiger partial charge in [-0.3, -0.25) is 14.4 Å². The summed E-state index contributed by atoms with van der Waals surface area (Å²) in [7, 11) is 0. The summed E-state index contributed by atoms with van der Waals surface area (Å²) in [6, 6.07) is 7.25. The van der Waals surface area contributed by atoms with Crippen LogP contribution >= 0.6 is 0 Å². The van der Waals surface area contributed by atoms with Crippen molar-refractivity contribution in [3.05, 3.63) is 36.0 Å². The fourth-order valence-corrected chi connectivity index (χ4v) is 3.16. The lowest BCUT2D eigenvalue weighted by atomic mass is 10.0. The van der Waals surface area contributed by atoms with Gasteiger partial charge in [-0.1, -0.05) is 18.2 Å². The SMILES string of the molecule is CC(=O)N[C@H](Cc1c[nH]c2ccccc12)C(=O)N1CCC(=O)CC1. The Bertz CT molecular complexity index is 771. The van der Waals surface area contributed by atoms with Gasteiger partial charge in [0.05, 0.1) is 0 Å². The lowest BCUT2D eigenvalue weighted by Gasteiger charge is -2.30. The summed E-state index contributed by atoms with van der Waals surface area (Å²) in [4.78, 5) is 40.6. The maximum absolute atomic E-state index is 12.8. The van der Waals surface area contributed by atoms with Gasteiger partial charge < -0.3 is 15.2 Å². The first-order valence-corrected chi connectivity index (χ1v) is 8.17. The van der Waals surface area contributed by atoms with E-state index in [4.69, 9.17) is 0 Å². The fourth-order valence-electron chi connectivity index (χ4n) is 3.16. The van der Waals surface area contributed by atoms with E-state index < -0.39 is 6.04 Å². The molecule has 1 saturated heterocycles. The Hall–Kier alpha value is -2.63. The predicted octanol–water partition coefficient (Wildman–Crippen LogP) is 1.41. The molecule has 0 unspecified atom stereocenters. The average molecular weight is 327 g/mol. The van der Waals surface area contributed by atoms with Gasteiger partial charge in [-0.05, 0) is 11.6 Å². The van der Waals surface area contributed by atoms with E-state index in [0.717, 1.165) is 16.5 Å². The first-order valence-electron chi connectivity index (χ1n) is 8.17. The molecule has 2 heterocycles. The number of amides is 2. The van der Waals surface area contributed by atoms with E-state index in [2.05, 4.69) is 10.3 Å². The highest BCUT2D eigenvalue weighted by Crippen LogP contribution is 2.20. The molecule has 1 aliphatic rings. The number of benzene rings is 1. The van der Waals surface area contributed by atoms with Crippen LogP contribution in [-0.4, -0.2) is 46.6 Å². The molecule has 1 aromatic carbocycles. The molecule has 2 N–H and O–H groups in total. The smallest absolute Gasteiger partial charge is 0.245 e. The van der Waals surface area contributed by atoms with Crippen LogP contribution in [0.1, 0.15) is 25.3 Å². The van der Waals surface area contributed by atoms with Crippen LogP contribution in [0.4, 0.5) is 0 Å². The van der Waals surface area contributed by atoms with Crippen LogP contribution in [0.5, 0.6) is 0 Å². The zero-order valence-corrected chi connectivity index (χ0v) is 13.7. The number of likely N-dealkylation sites (tertiary alicyclic amines) is 1. The molecule has 2 amide bonds. The number of carbonyl (C=O) groups excluding carboxylic acids is 3. The first-order chi connectivity index (χ1) is 11.5. The third kappa shape index (κ3) is 3.48. The van der Waals surface area contributed by atoms with Crippen LogP contribution < -0.4 is 5.32 Å². The van der Waals surface area contributed by atoms with Crippen molar-refractivity contribution in [1.29, 1.82) is 0 Å². The van der Waals surface area contributed by atoms with Gasteiger partial charge in [0.2, 0.25) is 11.8 Å². The van der Waals surface area contributed by atoms with Crippen molar-refractivity contribution >= 4 is 28.5 Å². The molecule has 1 aromatic heterocycles. The molecule has 0 spiro atoms. The van der Waals surface area contributed by atoms with Gasteiger partial charge in [0.25, 0.3) is 0 Å². The van der Waals surface area contributed by atoms with E-state index >= 15 is 0 Å². The van der Waals surface area contributed by atoms with Gasteiger partial charge in [0, 0.05) is 56.4 Å². The maximum atomic E-state index is 12.8. The minimum Gasteiger partial charge on any atom is -0.361 e. The Morgan fingerprint density at radius 3 is 2.67 bits per heavy atom. The quantitative estimate of drug-likeness (QED) is 0.891. The van der Waals surface area contributed by atoms with Gasteiger partial charge in [-0.25, -0.2) is 0 Å². The monoisotopic (exact) mass is 327 g/mol. The number of Topliss-reactive ketones (excluding diaryl/α,β-unsaturated/α-hetero) is 1. The highest BCUT2D eigenvalue weighted by Gasteiger charge is 2.28. The standard InChI is InChI=1S/C18H21N3O3/c1-12(22)20-17(18(24)21-8-6-14(23)7-9-21)10-13-11-19-16-5-3-2-4-15(13)16/h2-5,11,17,19H,6-10H2,1H3,(H,20,22)/t17-/m1/s1. The van der Waals surface area contributed by atoms with Crippen molar-refractivity contribution in [3.8, 4) is 0 Å². The Morgan fingerprint density at radius 1 is 1.25 bits per heavy atom. The molecule has 0 aliphatic carbocycles. The van der Waals surface area contributed by atoms with E-state index in [0.29, 0.717) is 32.4 Å². The number of hydrogen-bond donors (Lipinski definition) is 2. The molecule has 24 heavy (non-hydrogen) atoms. The summed E-state index contributed by atoms with van der Waals surface area (Å²) in [6.45, 7) is 2.28. The average Bonchev–Trinajstić information content (AvgIpc) is 2.97. The summed E-state index contributed by atoms with van der Waals surface area (Å²) in [5.74, 6) is -0.170. The number of aromatic amines is 1. The highest BCUT2D eigenvalue weighted by molar-refractivity contribution is 5.90. The van der Waals surface area contributed by atoms with Gasteiger partial charge in [0.1, 0.15) is 11.8 Å². The minimum atomic E-state index is -0.616. The number of hydrogen-bond acceptors (Lipinski definition) is 3. The third-order valence-electron chi connectivity index (χ3n) is 4.41. The number of para-hydroxylation sites is 1. The zero-order valence-electron chi connectivity index (χ0n) is 13.7. The number of fused-ring (bicyclic) bond motifs is 1. The summed E-state index contributed by atoms with van der Waals surface area (Å²) in [5.41, 5.74) is 2.00. The normalized spacial score (nSPS) is 16.2. The van der Waals surface area contributed by atoms with Crippen LogP contribution in [0, 0.1) is 0 Å². The lowest BCUT2D eigenvalue weighted by Crippen LogP contribution is -2.51. The number of aromatic nitrogens is 1. The fraction of sp³-hybridized carbons (Fsp3) is 0.389. The summed E-state index contributed by atoms with van der Waals surface area (Å²) in [5, 5.41) is 3.81. The second kappa shape index (κ2) is 6.86. The Labute approximate surface area is 140 Å². The molecule has 0 saturated carbocycles. The molecule has 1 fully saturated rings. The number of ketones is 1. The second-order valence-electron chi connectivity index (χ2n) is 6.18. The number of carbonyl (C=O) groups is 3. The van der Waals surface area contributed by atoms with E-state index in [1.54, 1.807) is 4.90 Å². The minimum absolute atomic E-state index is 0.122. The summed E-state index contributed by atoms with van der Waals surface area (Å²) < 4.78 is 0. The van der Waals surface area contributed by atoms with Crippen LogP contribution in [0.2, 0.25) is 0 Å². The summed E-state index contributed by atoms with van der Waals surface area (Å²) >= 11 is 0.